The van der Waals surface area contributed by atoms with Crippen LogP contribution in [0.4, 0.5) is 5.69 Å². The van der Waals surface area contributed by atoms with E-state index in [0.29, 0.717) is 47.2 Å². The maximum atomic E-state index is 15.0. The number of nitrogens with one attached hydrogen (secondary N) is 1. The van der Waals surface area contributed by atoms with Crippen LogP contribution in [0.3, 0.4) is 0 Å². The zero-order chi connectivity index (χ0) is 34.7. The Hall–Kier alpha value is -4.00. The number of ether oxygens (including phenoxy) is 3. The van der Waals surface area contributed by atoms with E-state index in [1.165, 1.54) is 0 Å². The maximum Gasteiger partial charge on any atom is 0.313 e. The fourth-order valence-electron chi connectivity index (χ4n) is 7.53. The fourth-order valence-corrected chi connectivity index (χ4v) is 8.26. The van der Waals surface area contributed by atoms with E-state index in [1.54, 1.807) is 54.2 Å². The van der Waals surface area contributed by atoms with Gasteiger partial charge in [0.05, 0.1) is 19.1 Å². The normalized spacial score (nSPS) is 30.9. The van der Waals surface area contributed by atoms with E-state index in [0.717, 1.165) is 0 Å². The lowest BCUT2D eigenvalue weighted by molar-refractivity contribution is -0.161. The van der Waals surface area contributed by atoms with E-state index in [2.05, 4.69) is 21.2 Å². The zero-order valence-corrected chi connectivity index (χ0v) is 29.2. The molecule has 2 N–H and O–H groups in total. The minimum absolute atomic E-state index is 0.0241. The highest BCUT2D eigenvalue weighted by molar-refractivity contribution is 9.11. The summed E-state index contributed by atoms with van der Waals surface area (Å²) in [7, 11) is 1.56. The second-order valence-electron chi connectivity index (χ2n) is 12.9. The lowest BCUT2D eigenvalue weighted by atomic mass is 9.74. The molecule has 2 saturated heterocycles. The molecule has 4 aliphatic heterocycles. The first-order valence-corrected chi connectivity index (χ1v) is 17.6. The van der Waals surface area contributed by atoms with Gasteiger partial charge in [-0.25, -0.2) is 0 Å². The van der Waals surface area contributed by atoms with E-state index in [-0.39, 0.29) is 43.8 Å². The Kier molecular flexibility index (Phi) is 10.6. The number of methoxy groups -OCH3 is 1. The fraction of sp³-hybridized carbons (Fsp3) is 0.459. The predicted molar refractivity (Wildman–Crippen MR) is 185 cm³/mol. The molecule has 0 aliphatic carbocycles. The minimum atomic E-state index is -1.43. The van der Waals surface area contributed by atoms with E-state index in [1.807, 2.05) is 42.5 Å². The van der Waals surface area contributed by atoms with Crippen LogP contribution in [0.1, 0.15) is 50.7 Å². The second kappa shape index (κ2) is 14.9. The van der Waals surface area contributed by atoms with Crippen LogP contribution in [0.25, 0.3) is 0 Å². The van der Waals surface area contributed by atoms with Gasteiger partial charge in [-0.1, -0.05) is 58.4 Å². The van der Waals surface area contributed by atoms with Gasteiger partial charge in [-0.2, -0.15) is 0 Å². The Balaban J connectivity index is 1.45. The largest absolute Gasteiger partial charge is 0.497 e. The summed E-state index contributed by atoms with van der Waals surface area (Å²) >= 11 is 3.61. The average Bonchev–Trinajstić information content (AvgIpc) is 3.70. The monoisotopic (exact) mass is 735 g/mol. The maximum absolute atomic E-state index is 15.0. The first-order valence-electron chi connectivity index (χ1n) is 16.8. The highest BCUT2D eigenvalue weighted by Gasteiger charge is 2.75. The first-order chi connectivity index (χ1) is 23.7. The van der Waals surface area contributed by atoms with E-state index in [9.17, 15) is 24.3 Å². The predicted octanol–water partition coefficient (Wildman–Crippen LogP) is 4.20. The van der Waals surface area contributed by atoms with Gasteiger partial charge >= 0.3 is 5.97 Å². The summed E-state index contributed by atoms with van der Waals surface area (Å²) in [6.45, 7) is 2.23. The number of cyclic esters (lactones) is 1. The number of hydrogen-bond donors (Lipinski definition) is 2. The summed E-state index contributed by atoms with van der Waals surface area (Å²) in [5.41, 5.74) is -0.144. The number of unbranched alkanes of at least 4 members (excludes halogenated alkanes) is 2. The van der Waals surface area contributed by atoms with Crippen LogP contribution in [-0.2, 0) is 28.7 Å². The third-order valence-corrected chi connectivity index (χ3v) is 10.5. The number of amides is 3. The van der Waals surface area contributed by atoms with Gasteiger partial charge in [0.25, 0.3) is 5.91 Å². The molecule has 4 aliphatic rings. The molecule has 2 fully saturated rings. The number of hydrogen-bond acceptors (Lipinski definition) is 8. The van der Waals surface area contributed by atoms with Crippen molar-refractivity contribution in [2.24, 2.45) is 11.8 Å². The highest BCUT2D eigenvalue weighted by atomic mass is 79.9. The summed E-state index contributed by atoms with van der Waals surface area (Å²) in [5.74, 6) is -2.99. The van der Waals surface area contributed by atoms with E-state index in [4.69, 9.17) is 14.2 Å². The summed E-state index contributed by atoms with van der Waals surface area (Å²) in [5, 5.41) is 12.4. The van der Waals surface area contributed by atoms with Gasteiger partial charge in [0.1, 0.15) is 35.5 Å². The Morgan fingerprint density at radius 2 is 1.73 bits per heavy atom. The van der Waals surface area contributed by atoms with Gasteiger partial charge in [-0.3, -0.25) is 19.2 Å². The van der Waals surface area contributed by atoms with Gasteiger partial charge in [0.15, 0.2) is 0 Å². The number of nitrogens with zero attached hydrogens (tertiary/aromatic N) is 2. The third-order valence-electron chi connectivity index (χ3n) is 9.85. The van der Waals surface area contributed by atoms with E-state index < -0.39 is 47.7 Å². The molecular weight excluding hydrogens is 694 g/mol. The molecule has 0 radical (unpaired) electrons. The van der Waals surface area contributed by atoms with E-state index >= 15 is 0 Å². The van der Waals surface area contributed by atoms with Gasteiger partial charge < -0.3 is 34.4 Å². The number of halogens is 1. The van der Waals surface area contributed by atoms with Crippen molar-refractivity contribution < 1.29 is 38.5 Å². The number of allylic oxidation sites excluding steroid dienone is 1. The number of aliphatic hydroxyl groups is 1. The van der Waals surface area contributed by atoms with Crippen LogP contribution < -0.4 is 15.0 Å². The number of carbonyl (C=O) groups excluding carboxylic acids is 4. The topological polar surface area (TPSA) is 135 Å². The number of carbonyl (C=O) groups is 4. The van der Waals surface area contributed by atoms with Gasteiger partial charge in [0.2, 0.25) is 11.8 Å². The highest BCUT2D eigenvalue weighted by Crippen LogP contribution is 2.59. The van der Waals surface area contributed by atoms with Crippen LogP contribution in [0.15, 0.2) is 77.3 Å². The molecule has 3 amide bonds. The van der Waals surface area contributed by atoms with Crippen LogP contribution in [0, 0.1) is 11.8 Å². The molecule has 12 heteroatoms. The Morgan fingerprint density at radius 3 is 2.45 bits per heavy atom. The molecule has 6 rings (SSSR count). The second-order valence-corrected chi connectivity index (χ2v) is 13.8. The quantitative estimate of drug-likeness (QED) is 0.234. The molecule has 0 unspecified atom stereocenters. The number of esters is 1. The van der Waals surface area contributed by atoms with Crippen molar-refractivity contribution in [3.05, 3.63) is 82.9 Å². The molecule has 0 saturated carbocycles. The lowest BCUT2D eigenvalue weighted by Crippen LogP contribution is -2.56. The first kappa shape index (κ1) is 34.8. The van der Waals surface area contributed by atoms with Crippen molar-refractivity contribution in [1.82, 2.24) is 10.2 Å². The number of anilines is 1. The number of rotatable bonds is 8. The van der Waals surface area contributed by atoms with Crippen LogP contribution in [0.2, 0.25) is 0 Å². The molecule has 260 valence electrons. The minimum Gasteiger partial charge on any atom is -0.497 e. The number of fused-ring (bicyclic) bond motifs is 2. The molecule has 49 heavy (non-hydrogen) atoms. The van der Waals surface area contributed by atoms with Crippen molar-refractivity contribution >= 4 is 45.3 Å². The van der Waals surface area contributed by atoms with Gasteiger partial charge in [0, 0.05) is 36.3 Å². The number of aliphatic hydroxyl groups excluding tert-OH is 1. The molecule has 11 nitrogen and oxygen atoms in total. The lowest BCUT2D eigenvalue weighted by Gasteiger charge is -2.36. The molecule has 1 spiro atoms. The van der Waals surface area contributed by atoms with Crippen LogP contribution in [0.5, 0.6) is 5.75 Å². The Morgan fingerprint density at radius 1 is 0.980 bits per heavy atom. The Bertz CT molecular complexity index is 1610. The summed E-state index contributed by atoms with van der Waals surface area (Å²) in [6, 6.07) is 14.6. The zero-order valence-electron chi connectivity index (χ0n) is 27.6. The standard InChI is InChI=1S/C37H42BrN3O8/c1-23-31(24-12-6-3-7-13-24)48-36(46)29-30-34(44)41(20-10-5-11-21-42)33(37(30)22-27(38)32(29)49-37)35(45)40(19-9-4-8-14-28(43)39-23)25-15-17-26(47-2)18-16-25/h3-4,6-7,9,12-13,15-18,22-23,29-33,42H,5,8,10-11,14,19-21H2,1-2H3,(H,39,43)/b9-4-/t23-,29+,30-,31+,32+,33+,37-/m1/s1. The smallest absolute Gasteiger partial charge is 0.313 e. The molecule has 0 aromatic heterocycles. The van der Waals surface area contributed by atoms with Gasteiger partial charge in [-0.05, 0) is 68.5 Å². The van der Waals surface area contributed by atoms with Crippen molar-refractivity contribution in [2.45, 2.75) is 68.9 Å². The third kappa shape index (κ3) is 6.65. The van der Waals surface area contributed by atoms with Crippen molar-refractivity contribution in [3.8, 4) is 5.75 Å². The summed E-state index contributed by atoms with van der Waals surface area (Å²) in [6.07, 6.45) is 6.21. The van der Waals surface area contributed by atoms with Crippen LogP contribution in [-0.4, -0.2) is 84.3 Å². The molecule has 7 atom stereocenters. The Labute approximate surface area is 294 Å². The molecule has 2 aromatic rings. The molecule has 5 bridgehead atoms. The number of likely N-dealkylation sites (tertiary alicyclic amines) is 1. The molecule has 2 aromatic carbocycles. The van der Waals surface area contributed by atoms with Gasteiger partial charge in [-0.15, -0.1) is 0 Å². The van der Waals surface area contributed by atoms with Crippen molar-refractivity contribution in [3.63, 3.8) is 0 Å². The van der Waals surface area contributed by atoms with Crippen molar-refractivity contribution in [2.75, 3.05) is 31.7 Å². The van der Waals surface area contributed by atoms with Crippen molar-refractivity contribution in [1.29, 1.82) is 0 Å². The average molecular weight is 737 g/mol. The SMILES string of the molecule is COc1ccc(N2C/C=C\CCC(=O)N[C@H](C)[C@@H](c3ccccc3)OC(=O)[C@@H]3[C@H]4O[C@@]5(C=C4Br)[C@H](C2=O)N(CCCCCO)C(=O)[C@@H]35)cc1. The molecule has 4 heterocycles. The summed E-state index contributed by atoms with van der Waals surface area (Å²) < 4.78 is 18.8. The summed E-state index contributed by atoms with van der Waals surface area (Å²) in [4.78, 5) is 60.1. The molecular formula is C37H42BrN3O8. The number of benzene rings is 2. The van der Waals surface area contributed by atoms with Crippen LogP contribution >= 0.6 is 15.9 Å².